The van der Waals surface area contributed by atoms with Crippen LogP contribution in [0, 0.1) is 0 Å². The van der Waals surface area contributed by atoms with Crippen molar-refractivity contribution in [2.75, 3.05) is 24.6 Å². The molecule has 4 nitrogen and oxygen atoms in total. The minimum atomic E-state index is 0.308. The van der Waals surface area contributed by atoms with E-state index in [9.17, 15) is 0 Å². The molecule has 0 saturated carbocycles. The molecule has 0 fully saturated rings. The van der Waals surface area contributed by atoms with Gasteiger partial charge in [-0.05, 0) is 49.6 Å². The molecule has 138 valence electrons. The van der Waals surface area contributed by atoms with E-state index in [4.69, 9.17) is 16.3 Å². The number of aromatic nitrogens is 2. The zero-order valence-electron chi connectivity index (χ0n) is 15.5. The van der Waals surface area contributed by atoms with Crippen LogP contribution in [-0.2, 0) is 0 Å². The fraction of sp³-hybridized carbons (Fsp3) is 0.400. The highest BCUT2D eigenvalue weighted by Crippen LogP contribution is 2.39. The Morgan fingerprint density at radius 1 is 1.12 bits per heavy atom. The molecule has 0 amide bonds. The van der Waals surface area contributed by atoms with Crippen LogP contribution in [0.3, 0.4) is 0 Å². The molecule has 2 aromatic heterocycles. The molecule has 3 aromatic rings. The predicted octanol–water partition coefficient (Wildman–Crippen LogP) is 6.04. The molecule has 0 spiro atoms. The second kappa shape index (κ2) is 8.69. The number of nitrogens with zero attached hydrogens (tertiary/aromatic N) is 3. The summed E-state index contributed by atoms with van der Waals surface area (Å²) in [6.07, 6.45) is 2.27. The number of anilines is 1. The highest BCUT2D eigenvalue weighted by molar-refractivity contribution is 7.17. The average molecular weight is 390 g/mol. The molecule has 26 heavy (non-hydrogen) atoms. The summed E-state index contributed by atoms with van der Waals surface area (Å²) in [5.74, 6) is 1.81. The van der Waals surface area contributed by atoms with Crippen molar-refractivity contribution >= 4 is 39.0 Å². The summed E-state index contributed by atoms with van der Waals surface area (Å²) in [6.45, 7) is 8.87. The van der Waals surface area contributed by atoms with Crippen LogP contribution in [0.5, 0.6) is 5.75 Å². The zero-order valence-corrected chi connectivity index (χ0v) is 17.0. The van der Waals surface area contributed by atoms with Gasteiger partial charge in [0.25, 0.3) is 0 Å². The second-order valence-electron chi connectivity index (χ2n) is 6.04. The third-order valence-electron chi connectivity index (χ3n) is 4.33. The Hall–Kier alpha value is -1.85. The first-order valence-corrected chi connectivity index (χ1v) is 10.4. The first-order valence-electron chi connectivity index (χ1n) is 9.10. The Morgan fingerprint density at radius 2 is 1.88 bits per heavy atom. The van der Waals surface area contributed by atoms with Gasteiger partial charge in [0.05, 0.1) is 12.0 Å². The Morgan fingerprint density at radius 3 is 2.54 bits per heavy atom. The normalized spacial score (nSPS) is 11.1. The smallest absolute Gasteiger partial charge is 0.225 e. The molecule has 0 aliphatic carbocycles. The third-order valence-corrected chi connectivity index (χ3v) is 5.37. The number of thiophene rings is 1. The molecule has 0 aliphatic heterocycles. The molecule has 1 aromatic carbocycles. The van der Waals surface area contributed by atoms with Gasteiger partial charge in [0.1, 0.15) is 16.4 Å². The summed E-state index contributed by atoms with van der Waals surface area (Å²) in [4.78, 5) is 12.3. The van der Waals surface area contributed by atoms with Crippen molar-refractivity contribution in [3.05, 3.63) is 34.9 Å². The molecular weight excluding hydrogens is 366 g/mol. The minimum Gasteiger partial charge on any atom is -0.494 e. The molecule has 0 N–H and O–H groups in total. The Labute approximate surface area is 163 Å². The SMILES string of the molecule is CCCCN(CC)c1nc(Cl)nc2scc(-c3ccc(OCC)cc3)c12. The topological polar surface area (TPSA) is 38.2 Å². The Kier molecular flexibility index (Phi) is 6.33. The van der Waals surface area contributed by atoms with Gasteiger partial charge in [-0.2, -0.15) is 4.98 Å². The lowest BCUT2D eigenvalue weighted by Gasteiger charge is -2.23. The van der Waals surface area contributed by atoms with Crippen molar-refractivity contribution in [1.82, 2.24) is 9.97 Å². The maximum atomic E-state index is 6.21. The van der Waals surface area contributed by atoms with Crippen molar-refractivity contribution in [2.45, 2.75) is 33.6 Å². The fourth-order valence-electron chi connectivity index (χ4n) is 3.00. The van der Waals surface area contributed by atoms with Gasteiger partial charge < -0.3 is 9.64 Å². The third kappa shape index (κ3) is 3.94. The minimum absolute atomic E-state index is 0.308. The van der Waals surface area contributed by atoms with E-state index in [1.54, 1.807) is 11.3 Å². The highest BCUT2D eigenvalue weighted by Gasteiger charge is 2.18. The summed E-state index contributed by atoms with van der Waals surface area (Å²) < 4.78 is 5.56. The van der Waals surface area contributed by atoms with E-state index in [0.717, 1.165) is 58.8 Å². The van der Waals surface area contributed by atoms with Gasteiger partial charge in [-0.3, -0.25) is 0 Å². The van der Waals surface area contributed by atoms with Crippen molar-refractivity contribution in [3.63, 3.8) is 0 Å². The standard InChI is InChI=1S/C20H24ClN3OS/c1-4-7-12-24(5-2)18-17-16(13-26-19(17)23-20(21)22-18)14-8-10-15(11-9-14)25-6-3/h8-11,13H,4-7,12H2,1-3H3. The van der Waals surface area contributed by atoms with Gasteiger partial charge in [-0.15, -0.1) is 11.3 Å². The van der Waals surface area contributed by atoms with Crippen LogP contribution >= 0.6 is 22.9 Å². The summed E-state index contributed by atoms with van der Waals surface area (Å²) in [5, 5.41) is 3.53. The molecule has 0 radical (unpaired) electrons. The molecule has 2 heterocycles. The van der Waals surface area contributed by atoms with Gasteiger partial charge in [-0.1, -0.05) is 25.5 Å². The zero-order chi connectivity index (χ0) is 18.5. The monoisotopic (exact) mass is 389 g/mol. The predicted molar refractivity (Wildman–Crippen MR) is 112 cm³/mol. The van der Waals surface area contributed by atoms with Crippen LogP contribution in [0.15, 0.2) is 29.6 Å². The van der Waals surface area contributed by atoms with Gasteiger partial charge in [0.15, 0.2) is 0 Å². The van der Waals surface area contributed by atoms with Crippen LogP contribution in [0.25, 0.3) is 21.3 Å². The number of hydrogen-bond acceptors (Lipinski definition) is 5. The molecule has 3 rings (SSSR count). The number of halogens is 1. The van der Waals surface area contributed by atoms with Crippen molar-refractivity contribution in [3.8, 4) is 16.9 Å². The van der Waals surface area contributed by atoms with E-state index in [2.05, 4.69) is 46.2 Å². The summed E-state index contributed by atoms with van der Waals surface area (Å²) in [7, 11) is 0. The van der Waals surface area contributed by atoms with E-state index in [1.165, 1.54) is 0 Å². The van der Waals surface area contributed by atoms with Crippen molar-refractivity contribution in [1.29, 1.82) is 0 Å². The van der Waals surface area contributed by atoms with Crippen LogP contribution in [0.1, 0.15) is 33.6 Å². The van der Waals surface area contributed by atoms with E-state index in [0.29, 0.717) is 11.9 Å². The maximum absolute atomic E-state index is 6.21. The summed E-state index contributed by atoms with van der Waals surface area (Å²) in [6, 6.07) is 8.20. The Balaban J connectivity index is 2.09. The molecule has 0 atom stereocenters. The second-order valence-corrected chi connectivity index (χ2v) is 7.23. The Bertz CT molecular complexity index is 863. The summed E-state index contributed by atoms with van der Waals surface area (Å²) in [5.41, 5.74) is 2.29. The number of hydrogen-bond donors (Lipinski definition) is 0. The van der Waals surface area contributed by atoms with Gasteiger partial charge >= 0.3 is 0 Å². The fourth-order valence-corrected chi connectivity index (χ4v) is 4.16. The lowest BCUT2D eigenvalue weighted by Crippen LogP contribution is -2.25. The molecule has 0 saturated heterocycles. The highest BCUT2D eigenvalue weighted by atomic mass is 35.5. The van der Waals surface area contributed by atoms with Crippen LogP contribution in [-0.4, -0.2) is 29.7 Å². The number of ether oxygens (including phenoxy) is 1. The van der Waals surface area contributed by atoms with Gasteiger partial charge in [-0.25, -0.2) is 4.98 Å². The van der Waals surface area contributed by atoms with Crippen LogP contribution < -0.4 is 9.64 Å². The van der Waals surface area contributed by atoms with Crippen molar-refractivity contribution < 1.29 is 4.74 Å². The quantitative estimate of drug-likeness (QED) is 0.440. The van der Waals surface area contributed by atoms with E-state index >= 15 is 0 Å². The molecule has 6 heteroatoms. The van der Waals surface area contributed by atoms with Crippen LogP contribution in [0.4, 0.5) is 5.82 Å². The molecule has 0 aliphatic rings. The van der Waals surface area contributed by atoms with E-state index in [1.807, 2.05) is 19.1 Å². The van der Waals surface area contributed by atoms with Gasteiger partial charge in [0.2, 0.25) is 5.28 Å². The number of unbranched alkanes of at least 4 members (excludes halogenated alkanes) is 1. The summed E-state index contributed by atoms with van der Waals surface area (Å²) >= 11 is 7.82. The first kappa shape index (κ1) is 18.9. The largest absolute Gasteiger partial charge is 0.494 e. The first-order chi connectivity index (χ1) is 12.7. The molecule has 0 bridgehead atoms. The van der Waals surface area contributed by atoms with E-state index < -0.39 is 0 Å². The number of rotatable bonds is 8. The lowest BCUT2D eigenvalue weighted by molar-refractivity contribution is 0.340. The number of fused-ring (bicyclic) bond motifs is 1. The van der Waals surface area contributed by atoms with Crippen LogP contribution in [0.2, 0.25) is 5.28 Å². The molecule has 0 unspecified atom stereocenters. The average Bonchev–Trinajstić information content (AvgIpc) is 3.07. The number of benzene rings is 1. The maximum Gasteiger partial charge on any atom is 0.225 e. The lowest BCUT2D eigenvalue weighted by atomic mass is 10.1. The molecular formula is C20H24ClN3OS. The van der Waals surface area contributed by atoms with Gasteiger partial charge in [0, 0.05) is 24.0 Å². The van der Waals surface area contributed by atoms with Crippen molar-refractivity contribution in [2.24, 2.45) is 0 Å². The van der Waals surface area contributed by atoms with E-state index in [-0.39, 0.29) is 0 Å².